The molecule has 0 spiro atoms. The van der Waals surface area contributed by atoms with E-state index in [2.05, 4.69) is 37.9 Å². The van der Waals surface area contributed by atoms with Gasteiger partial charge >= 0.3 is 0 Å². The van der Waals surface area contributed by atoms with E-state index in [1.54, 1.807) is 11.8 Å². The van der Waals surface area contributed by atoms with Crippen molar-refractivity contribution in [3.8, 4) is 0 Å². The standard InChI is InChI=1S/C12H9Br2NS/c13-8-1-6-12(11(14)7-8)16-10-4-2-9(15)3-5-10/h1-7H,15H2. The lowest BCUT2D eigenvalue weighted by molar-refractivity contribution is 1.36. The molecule has 0 aliphatic rings. The van der Waals surface area contributed by atoms with Gasteiger partial charge in [-0.25, -0.2) is 0 Å². The molecule has 0 aliphatic carbocycles. The number of anilines is 1. The Labute approximate surface area is 116 Å². The number of rotatable bonds is 2. The van der Waals surface area contributed by atoms with E-state index in [0.717, 1.165) is 14.6 Å². The fraction of sp³-hybridized carbons (Fsp3) is 0. The molecule has 0 bridgehead atoms. The number of nitrogens with two attached hydrogens (primary N) is 1. The summed E-state index contributed by atoms with van der Waals surface area (Å²) >= 11 is 8.69. The van der Waals surface area contributed by atoms with Crippen molar-refractivity contribution in [3.63, 3.8) is 0 Å². The highest BCUT2D eigenvalue weighted by Gasteiger charge is 2.02. The van der Waals surface area contributed by atoms with Gasteiger partial charge in [-0.05, 0) is 58.4 Å². The molecular formula is C12H9Br2NS. The van der Waals surface area contributed by atoms with Crippen LogP contribution in [0.15, 0.2) is 61.2 Å². The summed E-state index contributed by atoms with van der Waals surface area (Å²) < 4.78 is 2.16. The largest absolute Gasteiger partial charge is 0.399 e. The van der Waals surface area contributed by atoms with Crippen molar-refractivity contribution in [1.82, 2.24) is 0 Å². The van der Waals surface area contributed by atoms with Crippen molar-refractivity contribution in [2.45, 2.75) is 9.79 Å². The molecule has 0 saturated carbocycles. The zero-order chi connectivity index (χ0) is 11.5. The predicted octanol–water partition coefficient (Wildman–Crippen LogP) is 4.95. The Bertz CT molecular complexity index is 497. The summed E-state index contributed by atoms with van der Waals surface area (Å²) in [6.07, 6.45) is 0. The Balaban J connectivity index is 2.23. The Morgan fingerprint density at radius 3 is 2.25 bits per heavy atom. The van der Waals surface area contributed by atoms with Crippen LogP contribution < -0.4 is 5.73 Å². The lowest BCUT2D eigenvalue weighted by Gasteiger charge is -2.05. The maximum absolute atomic E-state index is 5.65. The van der Waals surface area contributed by atoms with Crippen molar-refractivity contribution in [3.05, 3.63) is 51.4 Å². The predicted molar refractivity (Wildman–Crippen MR) is 76.8 cm³/mol. The highest BCUT2D eigenvalue weighted by molar-refractivity contribution is 9.11. The van der Waals surface area contributed by atoms with Crippen molar-refractivity contribution in [2.24, 2.45) is 0 Å². The van der Waals surface area contributed by atoms with Crippen LogP contribution in [0.1, 0.15) is 0 Å². The Morgan fingerprint density at radius 2 is 1.62 bits per heavy atom. The van der Waals surface area contributed by atoms with Crippen LogP contribution in [0.5, 0.6) is 0 Å². The zero-order valence-electron chi connectivity index (χ0n) is 8.28. The summed E-state index contributed by atoms with van der Waals surface area (Å²) in [7, 11) is 0. The van der Waals surface area contributed by atoms with E-state index in [1.165, 1.54) is 9.79 Å². The smallest absolute Gasteiger partial charge is 0.0326 e. The molecule has 0 fully saturated rings. The van der Waals surface area contributed by atoms with Crippen molar-refractivity contribution in [1.29, 1.82) is 0 Å². The van der Waals surface area contributed by atoms with Gasteiger partial charge in [-0.15, -0.1) is 0 Å². The average molecular weight is 359 g/mol. The summed E-state index contributed by atoms with van der Waals surface area (Å²) in [5.41, 5.74) is 6.44. The lowest BCUT2D eigenvalue weighted by atomic mass is 10.3. The van der Waals surface area contributed by atoms with Crippen molar-refractivity contribution < 1.29 is 0 Å². The average Bonchev–Trinajstić information content (AvgIpc) is 2.25. The minimum absolute atomic E-state index is 0.791. The first-order valence-corrected chi connectivity index (χ1v) is 7.04. The second-order valence-electron chi connectivity index (χ2n) is 3.25. The molecule has 0 aliphatic heterocycles. The van der Waals surface area contributed by atoms with Gasteiger partial charge in [0.2, 0.25) is 0 Å². The summed E-state index contributed by atoms with van der Waals surface area (Å²) in [5, 5.41) is 0. The normalized spacial score (nSPS) is 10.4. The molecule has 82 valence electrons. The van der Waals surface area contributed by atoms with Crippen LogP contribution in [0.2, 0.25) is 0 Å². The Hall–Kier alpha value is -0.450. The van der Waals surface area contributed by atoms with E-state index < -0.39 is 0 Å². The summed E-state index contributed by atoms with van der Waals surface area (Å²) in [4.78, 5) is 2.37. The van der Waals surface area contributed by atoms with Crippen LogP contribution in [0.25, 0.3) is 0 Å². The SMILES string of the molecule is Nc1ccc(Sc2ccc(Br)cc2Br)cc1. The number of hydrogen-bond acceptors (Lipinski definition) is 2. The van der Waals surface area contributed by atoms with Crippen LogP contribution in [0, 0.1) is 0 Å². The quantitative estimate of drug-likeness (QED) is 0.769. The third-order valence-corrected chi connectivity index (χ3v) is 4.50. The molecule has 0 atom stereocenters. The van der Waals surface area contributed by atoms with E-state index in [4.69, 9.17) is 5.73 Å². The van der Waals surface area contributed by atoms with Gasteiger partial charge in [0.15, 0.2) is 0 Å². The second kappa shape index (κ2) is 5.25. The third kappa shape index (κ3) is 3.03. The molecular weight excluding hydrogens is 350 g/mol. The number of benzene rings is 2. The van der Waals surface area contributed by atoms with Gasteiger partial charge in [-0.1, -0.05) is 27.7 Å². The topological polar surface area (TPSA) is 26.0 Å². The third-order valence-electron chi connectivity index (χ3n) is 2.00. The minimum atomic E-state index is 0.791. The first kappa shape index (κ1) is 12.0. The van der Waals surface area contributed by atoms with Crippen LogP contribution in [-0.4, -0.2) is 0 Å². The van der Waals surface area contributed by atoms with Gasteiger partial charge in [0.05, 0.1) is 0 Å². The highest BCUT2D eigenvalue weighted by atomic mass is 79.9. The zero-order valence-corrected chi connectivity index (χ0v) is 12.3. The highest BCUT2D eigenvalue weighted by Crippen LogP contribution is 2.35. The van der Waals surface area contributed by atoms with Gasteiger partial charge in [-0.3, -0.25) is 0 Å². The van der Waals surface area contributed by atoms with Gasteiger partial charge < -0.3 is 5.73 Å². The first-order valence-electron chi connectivity index (χ1n) is 4.63. The minimum Gasteiger partial charge on any atom is -0.399 e. The summed E-state index contributed by atoms with van der Waals surface area (Å²) in [6.45, 7) is 0. The molecule has 0 radical (unpaired) electrons. The molecule has 0 amide bonds. The van der Waals surface area contributed by atoms with Crippen molar-refractivity contribution >= 4 is 49.3 Å². The molecule has 2 aromatic carbocycles. The molecule has 0 heterocycles. The van der Waals surface area contributed by atoms with E-state index in [0.29, 0.717) is 0 Å². The second-order valence-corrected chi connectivity index (χ2v) is 6.13. The number of hydrogen-bond donors (Lipinski definition) is 1. The molecule has 0 unspecified atom stereocenters. The van der Waals surface area contributed by atoms with E-state index in [-0.39, 0.29) is 0 Å². The van der Waals surface area contributed by atoms with Crippen LogP contribution in [0.3, 0.4) is 0 Å². The van der Waals surface area contributed by atoms with Gasteiger partial charge in [0, 0.05) is 24.4 Å². The van der Waals surface area contributed by atoms with Crippen LogP contribution in [-0.2, 0) is 0 Å². The molecule has 16 heavy (non-hydrogen) atoms. The molecule has 2 N–H and O–H groups in total. The lowest BCUT2D eigenvalue weighted by Crippen LogP contribution is -1.82. The van der Waals surface area contributed by atoms with Crippen LogP contribution >= 0.6 is 43.6 Å². The van der Waals surface area contributed by atoms with E-state index >= 15 is 0 Å². The van der Waals surface area contributed by atoms with Gasteiger partial charge in [-0.2, -0.15) is 0 Å². The maximum Gasteiger partial charge on any atom is 0.0326 e. The van der Waals surface area contributed by atoms with E-state index in [9.17, 15) is 0 Å². The molecule has 1 nitrogen and oxygen atoms in total. The molecule has 0 saturated heterocycles. The molecule has 4 heteroatoms. The van der Waals surface area contributed by atoms with Gasteiger partial charge in [0.1, 0.15) is 0 Å². The Kier molecular flexibility index (Phi) is 3.95. The fourth-order valence-corrected chi connectivity index (χ4v) is 3.33. The van der Waals surface area contributed by atoms with Crippen LogP contribution in [0.4, 0.5) is 5.69 Å². The fourth-order valence-electron chi connectivity index (χ4n) is 1.22. The maximum atomic E-state index is 5.65. The van der Waals surface area contributed by atoms with E-state index in [1.807, 2.05) is 36.4 Å². The Morgan fingerprint density at radius 1 is 0.938 bits per heavy atom. The molecule has 2 rings (SSSR count). The first-order chi connectivity index (χ1) is 7.65. The molecule has 2 aromatic rings. The van der Waals surface area contributed by atoms with Gasteiger partial charge in [0.25, 0.3) is 0 Å². The summed E-state index contributed by atoms with van der Waals surface area (Å²) in [6, 6.07) is 14.0. The number of halogens is 2. The monoisotopic (exact) mass is 357 g/mol. The number of nitrogen functional groups attached to an aromatic ring is 1. The van der Waals surface area contributed by atoms with Crippen molar-refractivity contribution in [2.75, 3.05) is 5.73 Å². The molecule has 0 aromatic heterocycles. The summed E-state index contributed by atoms with van der Waals surface area (Å²) in [5.74, 6) is 0.